The van der Waals surface area contributed by atoms with E-state index < -0.39 is 5.82 Å². The maximum absolute atomic E-state index is 13.2. The molecule has 4 N–H and O–H groups in total. The van der Waals surface area contributed by atoms with Gasteiger partial charge >= 0.3 is 0 Å². The third-order valence-electron chi connectivity index (χ3n) is 1.65. The van der Waals surface area contributed by atoms with Crippen LogP contribution in [0.2, 0.25) is 0 Å². The van der Waals surface area contributed by atoms with Gasteiger partial charge in [-0.3, -0.25) is 0 Å². The number of hydrogen-bond donors (Lipinski definition) is 3. The van der Waals surface area contributed by atoms with E-state index in [-0.39, 0.29) is 11.4 Å². The molecule has 13 heavy (non-hydrogen) atoms. The van der Waals surface area contributed by atoms with Gasteiger partial charge in [-0.2, -0.15) is 0 Å². The van der Waals surface area contributed by atoms with Gasteiger partial charge in [0.25, 0.3) is 0 Å². The molecule has 0 heterocycles. The summed E-state index contributed by atoms with van der Waals surface area (Å²) >= 11 is 0. The van der Waals surface area contributed by atoms with Gasteiger partial charge in [0.1, 0.15) is 5.82 Å². The first-order chi connectivity index (χ1) is 6.20. The second kappa shape index (κ2) is 3.75. The summed E-state index contributed by atoms with van der Waals surface area (Å²) in [5.74, 6) is -0.774. The van der Waals surface area contributed by atoms with Crippen LogP contribution in [-0.4, -0.2) is 18.1 Å². The van der Waals surface area contributed by atoms with Crippen LogP contribution in [0.25, 0.3) is 0 Å². The molecule has 0 radical (unpaired) electrons. The van der Waals surface area contributed by atoms with Gasteiger partial charge in [0.15, 0.2) is 5.84 Å². The molecule has 0 aromatic heterocycles. The summed E-state index contributed by atoms with van der Waals surface area (Å²) < 4.78 is 13.2. The molecule has 0 bridgehead atoms. The van der Waals surface area contributed by atoms with Crippen molar-refractivity contribution in [2.24, 2.45) is 10.9 Å². The Morgan fingerprint density at radius 1 is 1.62 bits per heavy atom. The maximum atomic E-state index is 13.2. The smallest absolute Gasteiger partial charge is 0.175 e. The molecule has 0 saturated heterocycles. The largest absolute Gasteiger partial charge is 0.409 e. The van der Waals surface area contributed by atoms with Crippen molar-refractivity contribution in [1.29, 1.82) is 0 Å². The zero-order valence-electron chi connectivity index (χ0n) is 7.08. The first-order valence-corrected chi connectivity index (χ1v) is 3.65. The van der Waals surface area contributed by atoms with Gasteiger partial charge < -0.3 is 16.3 Å². The minimum absolute atomic E-state index is 0.0764. The Bertz CT molecular complexity index is 338. The SMILES string of the molecule is CNc1cccc(F)c1/C(N)=N/O. The number of rotatable bonds is 2. The second-order valence-corrected chi connectivity index (χ2v) is 2.40. The fourth-order valence-electron chi connectivity index (χ4n) is 1.04. The third kappa shape index (κ3) is 1.69. The quantitative estimate of drug-likeness (QED) is 0.277. The molecule has 0 spiro atoms. The van der Waals surface area contributed by atoms with Gasteiger partial charge in [0.2, 0.25) is 0 Å². The van der Waals surface area contributed by atoms with E-state index >= 15 is 0 Å². The number of hydrogen-bond acceptors (Lipinski definition) is 3. The Morgan fingerprint density at radius 2 is 2.31 bits per heavy atom. The van der Waals surface area contributed by atoms with Crippen LogP contribution in [0.15, 0.2) is 23.4 Å². The van der Waals surface area contributed by atoms with E-state index in [0.29, 0.717) is 5.69 Å². The minimum atomic E-state index is -0.526. The van der Waals surface area contributed by atoms with E-state index in [1.54, 1.807) is 13.1 Å². The molecule has 0 aliphatic heterocycles. The summed E-state index contributed by atoms with van der Waals surface area (Å²) in [6, 6.07) is 4.42. The van der Waals surface area contributed by atoms with Crippen molar-refractivity contribution in [2.45, 2.75) is 0 Å². The van der Waals surface area contributed by atoms with Gasteiger partial charge in [-0.1, -0.05) is 11.2 Å². The molecule has 0 amide bonds. The van der Waals surface area contributed by atoms with E-state index in [2.05, 4.69) is 10.5 Å². The standard InChI is InChI=1S/C8H10FN3O/c1-11-6-4-2-3-5(9)7(6)8(10)12-13/h2-4,11,13H,1H3,(H2,10,12). The predicted molar refractivity (Wildman–Crippen MR) is 48.5 cm³/mol. The summed E-state index contributed by atoms with van der Waals surface area (Å²) in [6.45, 7) is 0. The average molecular weight is 183 g/mol. The molecule has 0 saturated carbocycles. The lowest BCUT2D eigenvalue weighted by atomic mass is 10.1. The Labute approximate surface area is 74.9 Å². The molecule has 70 valence electrons. The summed E-state index contributed by atoms with van der Waals surface area (Å²) in [5, 5.41) is 13.9. The molecule has 0 aliphatic rings. The van der Waals surface area contributed by atoms with Crippen LogP contribution in [0.4, 0.5) is 10.1 Å². The van der Waals surface area contributed by atoms with Crippen molar-refractivity contribution in [3.63, 3.8) is 0 Å². The topological polar surface area (TPSA) is 70.6 Å². The van der Waals surface area contributed by atoms with Gasteiger partial charge in [0, 0.05) is 12.7 Å². The average Bonchev–Trinajstić information content (AvgIpc) is 2.16. The number of oxime groups is 1. The number of nitrogens with zero attached hydrogens (tertiary/aromatic N) is 1. The predicted octanol–water partition coefficient (Wildman–Crippen LogP) is 0.962. The Morgan fingerprint density at radius 3 is 2.85 bits per heavy atom. The van der Waals surface area contributed by atoms with E-state index in [1.165, 1.54) is 12.1 Å². The number of nitrogens with one attached hydrogen (secondary N) is 1. The third-order valence-corrected chi connectivity index (χ3v) is 1.65. The lowest BCUT2D eigenvalue weighted by molar-refractivity contribution is 0.318. The van der Waals surface area contributed by atoms with E-state index in [4.69, 9.17) is 10.9 Å². The highest BCUT2D eigenvalue weighted by molar-refractivity contribution is 6.02. The van der Waals surface area contributed by atoms with Crippen molar-refractivity contribution in [2.75, 3.05) is 12.4 Å². The van der Waals surface area contributed by atoms with Crippen LogP contribution in [0.3, 0.4) is 0 Å². The molecule has 0 atom stereocenters. The maximum Gasteiger partial charge on any atom is 0.175 e. The fraction of sp³-hybridized carbons (Fsp3) is 0.125. The number of halogens is 1. The highest BCUT2D eigenvalue weighted by Gasteiger charge is 2.11. The zero-order chi connectivity index (χ0) is 9.84. The van der Waals surface area contributed by atoms with E-state index in [0.717, 1.165) is 0 Å². The summed E-state index contributed by atoms with van der Waals surface area (Å²) in [5.41, 5.74) is 5.85. The lowest BCUT2D eigenvalue weighted by Gasteiger charge is -2.07. The molecular weight excluding hydrogens is 173 g/mol. The highest BCUT2D eigenvalue weighted by Crippen LogP contribution is 2.17. The van der Waals surface area contributed by atoms with E-state index in [1.807, 2.05) is 0 Å². The second-order valence-electron chi connectivity index (χ2n) is 2.40. The van der Waals surface area contributed by atoms with Crippen molar-refractivity contribution >= 4 is 11.5 Å². The van der Waals surface area contributed by atoms with Gasteiger partial charge in [-0.05, 0) is 12.1 Å². The molecule has 0 unspecified atom stereocenters. The molecule has 1 rings (SSSR count). The first kappa shape index (κ1) is 9.31. The summed E-state index contributed by atoms with van der Waals surface area (Å²) in [6.07, 6.45) is 0. The Hall–Kier alpha value is -1.78. The number of nitrogens with two attached hydrogens (primary N) is 1. The molecule has 0 fully saturated rings. The fourth-order valence-corrected chi connectivity index (χ4v) is 1.04. The zero-order valence-corrected chi connectivity index (χ0v) is 7.08. The van der Waals surface area contributed by atoms with Crippen LogP contribution in [0.5, 0.6) is 0 Å². The first-order valence-electron chi connectivity index (χ1n) is 3.65. The van der Waals surface area contributed by atoms with Crippen LogP contribution in [-0.2, 0) is 0 Å². The van der Waals surface area contributed by atoms with Crippen molar-refractivity contribution in [3.8, 4) is 0 Å². The van der Waals surface area contributed by atoms with Gasteiger partial charge in [-0.25, -0.2) is 4.39 Å². The highest BCUT2D eigenvalue weighted by atomic mass is 19.1. The molecule has 4 nitrogen and oxygen atoms in total. The van der Waals surface area contributed by atoms with Crippen LogP contribution >= 0.6 is 0 Å². The minimum Gasteiger partial charge on any atom is -0.409 e. The molecule has 1 aromatic rings. The van der Waals surface area contributed by atoms with Crippen molar-refractivity contribution in [3.05, 3.63) is 29.6 Å². The molecule has 0 aliphatic carbocycles. The number of benzene rings is 1. The van der Waals surface area contributed by atoms with Gasteiger partial charge in [-0.15, -0.1) is 0 Å². The molecule has 5 heteroatoms. The lowest BCUT2D eigenvalue weighted by Crippen LogP contribution is -2.17. The normalized spacial score (nSPS) is 11.4. The Kier molecular flexibility index (Phi) is 2.69. The van der Waals surface area contributed by atoms with Crippen molar-refractivity contribution in [1.82, 2.24) is 0 Å². The Balaban J connectivity index is 3.31. The van der Waals surface area contributed by atoms with Crippen molar-refractivity contribution < 1.29 is 9.60 Å². The van der Waals surface area contributed by atoms with E-state index in [9.17, 15) is 4.39 Å². The number of anilines is 1. The van der Waals surface area contributed by atoms with Crippen LogP contribution in [0.1, 0.15) is 5.56 Å². The summed E-state index contributed by atoms with van der Waals surface area (Å²) in [4.78, 5) is 0. The van der Waals surface area contributed by atoms with Gasteiger partial charge in [0.05, 0.1) is 5.56 Å². The van der Waals surface area contributed by atoms with Crippen LogP contribution in [0, 0.1) is 5.82 Å². The summed E-state index contributed by atoms with van der Waals surface area (Å²) in [7, 11) is 1.63. The molecular formula is C8H10FN3O. The number of amidine groups is 1. The van der Waals surface area contributed by atoms with Crippen LogP contribution < -0.4 is 11.1 Å². The monoisotopic (exact) mass is 183 g/mol. The molecule has 1 aromatic carbocycles.